The van der Waals surface area contributed by atoms with Gasteiger partial charge in [-0.05, 0) is 44.7 Å². The van der Waals surface area contributed by atoms with Gasteiger partial charge in [-0.3, -0.25) is 5.43 Å². The molecule has 0 aromatic heterocycles. The fraction of sp³-hybridized carbons (Fsp3) is 0.529. The lowest BCUT2D eigenvalue weighted by atomic mass is 10.00. The first-order chi connectivity index (χ1) is 11.2. The molecule has 6 heteroatoms. The predicted octanol–water partition coefficient (Wildman–Crippen LogP) is 3.89. The molecule has 0 amide bonds. The van der Waals surface area contributed by atoms with Gasteiger partial charge in [-0.15, -0.1) is 5.10 Å². The van der Waals surface area contributed by atoms with Crippen molar-refractivity contribution in [3.8, 4) is 0 Å². The molecule has 0 radical (unpaired) electrons. The van der Waals surface area contributed by atoms with Crippen LogP contribution in [0, 0.1) is 0 Å². The van der Waals surface area contributed by atoms with Crippen molar-refractivity contribution in [1.29, 1.82) is 0 Å². The van der Waals surface area contributed by atoms with Gasteiger partial charge in [0.1, 0.15) is 0 Å². The third kappa shape index (κ3) is 4.61. The number of carbonyl (C=O) groups is 1. The third-order valence-electron chi connectivity index (χ3n) is 3.98. The standard InChI is InChI=1S/C17H24ClN3O2/c1-3-13-9-7-8-12-21(13)16(17(22)23-4-2)20-19-15-11-6-5-10-14(15)18/h5-6,10-11,13,19H,3-4,7-9,12H2,1-2H3. The largest absolute Gasteiger partial charge is 0.460 e. The van der Waals surface area contributed by atoms with Crippen LogP contribution in [-0.2, 0) is 9.53 Å². The molecule has 1 aromatic rings. The van der Waals surface area contributed by atoms with Crippen LogP contribution in [0.5, 0.6) is 0 Å². The van der Waals surface area contributed by atoms with Crippen molar-refractivity contribution in [2.24, 2.45) is 5.10 Å². The molecular weight excluding hydrogens is 314 g/mol. The number of hydrazone groups is 1. The number of benzene rings is 1. The zero-order chi connectivity index (χ0) is 16.7. The number of para-hydroxylation sites is 1. The summed E-state index contributed by atoms with van der Waals surface area (Å²) >= 11 is 6.13. The molecule has 1 heterocycles. The Morgan fingerprint density at radius 2 is 2.17 bits per heavy atom. The molecule has 1 aliphatic rings. The van der Waals surface area contributed by atoms with E-state index in [2.05, 4.69) is 22.4 Å². The predicted molar refractivity (Wildman–Crippen MR) is 93.8 cm³/mol. The molecule has 0 saturated carbocycles. The number of halogens is 1. The van der Waals surface area contributed by atoms with E-state index in [0.717, 1.165) is 25.8 Å². The normalized spacial score (nSPS) is 18.7. The van der Waals surface area contributed by atoms with Gasteiger partial charge in [0, 0.05) is 12.6 Å². The van der Waals surface area contributed by atoms with Gasteiger partial charge in [0.05, 0.1) is 17.3 Å². The van der Waals surface area contributed by atoms with E-state index >= 15 is 0 Å². The highest BCUT2D eigenvalue weighted by atomic mass is 35.5. The van der Waals surface area contributed by atoms with Crippen LogP contribution in [0.3, 0.4) is 0 Å². The number of rotatable bonds is 4. The molecular formula is C17H24ClN3O2. The van der Waals surface area contributed by atoms with Gasteiger partial charge in [0.15, 0.2) is 0 Å². The highest BCUT2D eigenvalue weighted by Crippen LogP contribution is 2.23. The van der Waals surface area contributed by atoms with E-state index < -0.39 is 5.97 Å². The summed E-state index contributed by atoms with van der Waals surface area (Å²) in [6.45, 7) is 5.08. The Morgan fingerprint density at radius 3 is 2.87 bits per heavy atom. The molecule has 0 aliphatic carbocycles. The fourth-order valence-corrected chi connectivity index (χ4v) is 2.97. The van der Waals surface area contributed by atoms with Gasteiger partial charge in [-0.25, -0.2) is 4.79 Å². The molecule has 0 bridgehead atoms. The second-order valence-corrected chi connectivity index (χ2v) is 5.91. The average molecular weight is 338 g/mol. The van der Waals surface area contributed by atoms with Crippen molar-refractivity contribution in [2.45, 2.75) is 45.6 Å². The number of carbonyl (C=O) groups excluding carboxylic acids is 1. The zero-order valence-electron chi connectivity index (χ0n) is 13.7. The van der Waals surface area contributed by atoms with Gasteiger partial charge >= 0.3 is 5.97 Å². The van der Waals surface area contributed by atoms with Crippen LogP contribution >= 0.6 is 11.6 Å². The van der Waals surface area contributed by atoms with E-state index in [1.165, 1.54) is 6.42 Å². The lowest BCUT2D eigenvalue weighted by molar-refractivity contribution is -0.136. The van der Waals surface area contributed by atoms with Crippen LogP contribution in [0.4, 0.5) is 5.69 Å². The van der Waals surface area contributed by atoms with Crippen molar-refractivity contribution in [3.63, 3.8) is 0 Å². The summed E-state index contributed by atoms with van der Waals surface area (Å²) in [5.74, 6) is -0.0641. The van der Waals surface area contributed by atoms with Crippen molar-refractivity contribution in [3.05, 3.63) is 29.3 Å². The van der Waals surface area contributed by atoms with Crippen LogP contribution in [0.15, 0.2) is 29.4 Å². The number of hydrogen-bond acceptors (Lipinski definition) is 4. The summed E-state index contributed by atoms with van der Waals surface area (Å²) in [6.07, 6.45) is 4.29. The fourth-order valence-electron chi connectivity index (χ4n) is 2.79. The lowest BCUT2D eigenvalue weighted by Crippen LogP contribution is -2.47. The number of esters is 1. The van der Waals surface area contributed by atoms with Crippen molar-refractivity contribution >= 4 is 29.1 Å². The number of amidine groups is 1. The number of anilines is 1. The Balaban J connectivity index is 2.24. The second-order valence-electron chi connectivity index (χ2n) is 5.50. The Labute approximate surface area is 142 Å². The smallest absolute Gasteiger partial charge is 0.376 e. The molecule has 1 atom stereocenters. The SMILES string of the molecule is CCOC(=O)C(=NNc1ccccc1Cl)N1CCCCC1CC. The third-order valence-corrected chi connectivity index (χ3v) is 4.31. The van der Waals surface area contributed by atoms with Crippen LogP contribution in [0.1, 0.15) is 39.5 Å². The van der Waals surface area contributed by atoms with E-state index in [1.54, 1.807) is 13.0 Å². The van der Waals surface area contributed by atoms with Gasteiger partial charge in [0.2, 0.25) is 5.84 Å². The number of nitrogens with zero attached hydrogens (tertiary/aromatic N) is 2. The van der Waals surface area contributed by atoms with E-state index in [4.69, 9.17) is 16.3 Å². The minimum Gasteiger partial charge on any atom is -0.460 e. The van der Waals surface area contributed by atoms with Crippen LogP contribution in [-0.4, -0.2) is 35.9 Å². The van der Waals surface area contributed by atoms with Gasteiger partial charge in [-0.2, -0.15) is 0 Å². The lowest BCUT2D eigenvalue weighted by Gasteiger charge is -2.36. The maximum atomic E-state index is 12.3. The summed E-state index contributed by atoms with van der Waals surface area (Å²) in [5.41, 5.74) is 3.58. The van der Waals surface area contributed by atoms with Crippen molar-refractivity contribution in [1.82, 2.24) is 4.90 Å². The monoisotopic (exact) mass is 337 g/mol. The number of likely N-dealkylation sites (tertiary alicyclic amines) is 1. The first-order valence-corrected chi connectivity index (χ1v) is 8.57. The second kappa shape index (κ2) is 8.77. The molecule has 0 spiro atoms. The molecule has 23 heavy (non-hydrogen) atoms. The van der Waals surface area contributed by atoms with Gasteiger partial charge in [0.25, 0.3) is 0 Å². The van der Waals surface area contributed by atoms with Crippen molar-refractivity contribution in [2.75, 3.05) is 18.6 Å². The van der Waals surface area contributed by atoms with Crippen molar-refractivity contribution < 1.29 is 9.53 Å². The molecule has 126 valence electrons. The Hall–Kier alpha value is -1.75. The summed E-state index contributed by atoms with van der Waals surface area (Å²) in [5, 5.41) is 4.89. The van der Waals surface area contributed by atoms with Gasteiger partial charge in [-0.1, -0.05) is 30.7 Å². The summed E-state index contributed by atoms with van der Waals surface area (Å²) in [7, 11) is 0. The molecule has 1 unspecified atom stereocenters. The molecule has 1 aromatic carbocycles. The molecule has 1 saturated heterocycles. The maximum absolute atomic E-state index is 12.3. The molecule has 5 nitrogen and oxygen atoms in total. The number of ether oxygens (including phenoxy) is 1. The molecule has 1 aliphatic heterocycles. The van der Waals surface area contributed by atoms with Crippen LogP contribution < -0.4 is 5.43 Å². The Bertz CT molecular complexity index is 563. The van der Waals surface area contributed by atoms with E-state index in [1.807, 2.05) is 18.2 Å². The van der Waals surface area contributed by atoms with Crippen LogP contribution in [0.2, 0.25) is 5.02 Å². The molecule has 1 fully saturated rings. The first-order valence-electron chi connectivity index (χ1n) is 8.19. The quantitative estimate of drug-likeness (QED) is 0.392. The minimum absolute atomic E-state index is 0.319. The molecule has 2 rings (SSSR count). The van der Waals surface area contributed by atoms with Gasteiger partial charge < -0.3 is 9.64 Å². The summed E-state index contributed by atoms with van der Waals surface area (Å²) in [4.78, 5) is 14.4. The summed E-state index contributed by atoms with van der Waals surface area (Å²) in [6, 6.07) is 7.63. The first kappa shape index (κ1) is 17.6. The zero-order valence-corrected chi connectivity index (χ0v) is 14.5. The number of nitrogens with one attached hydrogen (secondary N) is 1. The van der Waals surface area contributed by atoms with E-state index in [0.29, 0.717) is 29.2 Å². The topological polar surface area (TPSA) is 53.9 Å². The molecule has 1 N–H and O–H groups in total. The number of piperidine rings is 1. The van der Waals surface area contributed by atoms with Crippen LogP contribution in [0.25, 0.3) is 0 Å². The highest BCUT2D eigenvalue weighted by Gasteiger charge is 2.29. The Morgan fingerprint density at radius 1 is 1.39 bits per heavy atom. The Kier molecular flexibility index (Phi) is 6.71. The minimum atomic E-state index is -0.396. The van der Waals surface area contributed by atoms with E-state index in [-0.39, 0.29) is 0 Å². The van der Waals surface area contributed by atoms with E-state index in [9.17, 15) is 4.79 Å². The summed E-state index contributed by atoms with van der Waals surface area (Å²) < 4.78 is 5.18. The number of hydrogen-bond donors (Lipinski definition) is 1. The average Bonchev–Trinajstić information content (AvgIpc) is 2.57. The maximum Gasteiger partial charge on any atom is 0.376 e. The highest BCUT2D eigenvalue weighted by molar-refractivity contribution is 6.36.